The summed E-state index contributed by atoms with van der Waals surface area (Å²) in [5.74, 6) is 1.73. The Morgan fingerprint density at radius 3 is 2.64 bits per heavy atom. The Hall–Kier alpha value is -2.01. The molecule has 1 aromatic heterocycles. The summed E-state index contributed by atoms with van der Waals surface area (Å²) in [5.41, 5.74) is 1.16. The molecule has 0 saturated heterocycles. The topological polar surface area (TPSA) is 45.7 Å². The molecule has 0 aliphatic heterocycles. The van der Waals surface area contributed by atoms with Gasteiger partial charge in [-0.25, -0.2) is 4.99 Å². The average Bonchev–Trinajstić information content (AvgIpc) is 3.06. The summed E-state index contributed by atoms with van der Waals surface area (Å²) in [5, 5.41) is 8.76. The number of hydrogen-bond acceptors (Lipinski definition) is 3. The molecule has 2 N–H and O–H groups in total. The number of benzene rings is 1. The predicted molar refractivity (Wildman–Crippen MR) is 93.8 cm³/mol. The van der Waals surface area contributed by atoms with Crippen LogP contribution < -0.4 is 15.4 Å². The Morgan fingerprint density at radius 2 is 2.00 bits per heavy atom. The van der Waals surface area contributed by atoms with Crippen LogP contribution in [0.5, 0.6) is 5.75 Å². The largest absolute Gasteiger partial charge is 0.497 e. The summed E-state index contributed by atoms with van der Waals surface area (Å²) < 4.78 is 5.16. The lowest BCUT2D eigenvalue weighted by atomic mass is 10.2. The van der Waals surface area contributed by atoms with E-state index >= 15 is 0 Å². The highest BCUT2D eigenvalue weighted by Crippen LogP contribution is 2.12. The number of aliphatic imine (C=N–C) groups is 1. The molecule has 4 nitrogen and oxygen atoms in total. The number of nitrogens with zero attached hydrogens (tertiary/aromatic N) is 1. The molecule has 0 radical (unpaired) electrons. The van der Waals surface area contributed by atoms with Crippen LogP contribution in [0.15, 0.2) is 46.8 Å². The molecule has 0 bridgehead atoms. The molecule has 0 aliphatic carbocycles. The van der Waals surface area contributed by atoms with Crippen LogP contribution in [-0.4, -0.2) is 26.2 Å². The maximum absolute atomic E-state index is 5.16. The fourth-order valence-electron chi connectivity index (χ4n) is 2.00. The first-order chi connectivity index (χ1) is 10.8. The van der Waals surface area contributed by atoms with Crippen molar-refractivity contribution in [2.45, 2.75) is 19.9 Å². The number of ether oxygens (including phenoxy) is 1. The Morgan fingerprint density at radius 1 is 1.18 bits per heavy atom. The first-order valence-electron chi connectivity index (χ1n) is 7.49. The third-order valence-corrected chi connectivity index (χ3v) is 4.10. The summed E-state index contributed by atoms with van der Waals surface area (Å²) in [4.78, 5) is 6.00. The number of guanidine groups is 1. The molecular formula is C17H23N3OS. The minimum absolute atomic E-state index is 0.651. The minimum atomic E-state index is 0.651. The average molecular weight is 317 g/mol. The highest BCUT2D eigenvalue weighted by Gasteiger charge is 1.99. The number of thiophene rings is 1. The van der Waals surface area contributed by atoms with Crippen molar-refractivity contribution in [3.63, 3.8) is 0 Å². The third-order valence-electron chi connectivity index (χ3n) is 3.17. The first kappa shape index (κ1) is 16.4. The van der Waals surface area contributed by atoms with E-state index in [2.05, 4.69) is 40.1 Å². The van der Waals surface area contributed by atoms with E-state index in [-0.39, 0.29) is 0 Å². The normalized spacial score (nSPS) is 11.3. The third kappa shape index (κ3) is 5.41. The van der Waals surface area contributed by atoms with Gasteiger partial charge in [-0.05, 0) is 42.5 Å². The Balaban J connectivity index is 1.85. The predicted octanol–water partition coefficient (Wildman–Crippen LogP) is 3.05. The van der Waals surface area contributed by atoms with Crippen molar-refractivity contribution in [2.24, 2.45) is 4.99 Å². The SMILES string of the molecule is CCNC(=NCc1ccc(OC)cc1)NCCc1cccs1. The molecule has 1 heterocycles. The van der Waals surface area contributed by atoms with Gasteiger partial charge in [0.1, 0.15) is 5.75 Å². The summed E-state index contributed by atoms with van der Waals surface area (Å²) >= 11 is 1.79. The van der Waals surface area contributed by atoms with Gasteiger partial charge in [-0.1, -0.05) is 18.2 Å². The van der Waals surface area contributed by atoms with Gasteiger partial charge in [-0.3, -0.25) is 0 Å². The van der Waals surface area contributed by atoms with Gasteiger partial charge in [0, 0.05) is 18.0 Å². The molecule has 0 saturated carbocycles. The smallest absolute Gasteiger partial charge is 0.191 e. The summed E-state index contributed by atoms with van der Waals surface area (Å²) in [6.07, 6.45) is 1.02. The monoisotopic (exact) mass is 317 g/mol. The standard InChI is InChI=1S/C17H23N3OS/c1-3-18-17(19-11-10-16-5-4-12-22-16)20-13-14-6-8-15(21-2)9-7-14/h4-9,12H,3,10-11,13H2,1-2H3,(H2,18,19,20). The first-order valence-corrected chi connectivity index (χ1v) is 8.37. The van der Waals surface area contributed by atoms with E-state index in [9.17, 15) is 0 Å². The Bertz CT molecular complexity index is 564. The fourth-order valence-corrected chi connectivity index (χ4v) is 2.71. The van der Waals surface area contributed by atoms with Crippen molar-refractivity contribution in [3.05, 3.63) is 52.2 Å². The Labute approximate surface area is 136 Å². The maximum atomic E-state index is 5.16. The molecular weight excluding hydrogens is 294 g/mol. The lowest BCUT2D eigenvalue weighted by molar-refractivity contribution is 0.414. The van der Waals surface area contributed by atoms with Gasteiger partial charge in [0.15, 0.2) is 5.96 Å². The molecule has 0 spiro atoms. The van der Waals surface area contributed by atoms with Crippen LogP contribution in [-0.2, 0) is 13.0 Å². The second-order valence-electron chi connectivity index (χ2n) is 4.80. The van der Waals surface area contributed by atoms with Crippen molar-refractivity contribution < 1.29 is 4.74 Å². The van der Waals surface area contributed by atoms with Gasteiger partial charge in [0.2, 0.25) is 0 Å². The molecule has 0 fully saturated rings. The molecule has 0 amide bonds. The highest BCUT2D eigenvalue weighted by atomic mass is 32.1. The minimum Gasteiger partial charge on any atom is -0.497 e. The zero-order valence-corrected chi connectivity index (χ0v) is 14.0. The van der Waals surface area contributed by atoms with Crippen LogP contribution in [0.25, 0.3) is 0 Å². The van der Waals surface area contributed by atoms with Gasteiger partial charge in [0.05, 0.1) is 13.7 Å². The van der Waals surface area contributed by atoms with E-state index < -0.39 is 0 Å². The molecule has 0 aliphatic rings. The molecule has 2 rings (SSSR count). The van der Waals surface area contributed by atoms with Crippen molar-refractivity contribution in [2.75, 3.05) is 20.2 Å². The van der Waals surface area contributed by atoms with Crippen LogP contribution in [0.4, 0.5) is 0 Å². The Kier molecular flexibility index (Phi) is 6.77. The quantitative estimate of drug-likeness (QED) is 0.609. The molecule has 22 heavy (non-hydrogen) atoms. The summed E-state index contributed by atoms with van der Waals surface area (Å²) in [6, 6.07) is 12.2. The van der Waals surface area contributed by atoms with Gasteiger partial charge in [-0.15, -0.1) is 11.3 Å². The molecule has 0 unspecified atom stereocenters. The molecule has 118 valence electrons. The van der Waals surface area contributed by atoms with Gasteiger partial charge < -0.3 is 15.4 Å². The molecule has 5 heteroatoms. The van der Waals surface area contributed by atoms with E-state index in [4.69, 9.17) is 4.74 Å². The van der Waals surface area contributed by atoms with Crippen molar-refractivity contribution in [3.8, 4) is 5.75 Å². The van der Waals surface area contributed by atoms with E-state index in [0.29, 0.717) is 6.54 Å². The molecule has 0 atom stereocenters. The van der Waals surface area contributed by atoms with Crippen molar-refractivity contribution in [1.82, 2.24) is 10.6 Å². The number of methoxy groups -OCH3 is 1. The van der Waals surface area contributed by atoms with Crippen LogP contribution in [0.3, 0.4) is 0 Å². The van der Waals surface area contributed by atoms with Crippen LogP contribution in [0.1, 0.15) is 17.4 Å². The van der Waals surface area contributed by atoms with E-state index in [1.165, 1.54) is 4.88 Å². The molecule has 1 aromatic carbocycles. The van der Waals surface area contributed by atoms with Crippen LogP contribution in [0.2, 0.25) is 0 Å². The van der Waals surface area contributed by atoms with Crippen molar-refractivity contribution in [1.29, 1.82) is 0 Å². The van der Waals surface area contributed by atoms with Gasteiger partial charge in [-0.2, -0.15) is 0 Å². The maximum Gasteiger partial charge on any atom is 0.191 e. The van der Waals surface area contributed by atoms with Crippen molar-refractivity contribution >= 4 is 17.3 Å². The summed E-state index contributed by atoms with van der Waals surface area (Å²) in [7, 11) is 1.67. The van der Waals surface area contributed by atoms with Crippen LogP contribution >= 0.6 is 11.3 Å². The summed E-state index contributed by atoms with van der Waals surface area (Å²) in [6.45, 7) is 4.46. The second-order valence-corrected chi connectivity index (χ2v) is 5.83. The number of nitrogens with one attached hydrogen (secondary N) is 2. The lowest BCUT2D eigenvalue weighted by Gasteiger charge is -2.11. The van der Waals surface area contributed by atoms with Crippen LogP contribution in [0, 0.1) is 0 Å². The fraction of sp³-hybridized carbons (Fsp3) is 0.353. The highest BCUT2D eigenvalue weighted by molar-refractivity contribution is 7.09. The lowest BCUT2D eigenvalue weighted by Crippen LogP contribution is -2.38. The molecule has 2 aromatic rings. The zero-order valence-electron chi connectivity index (χ0n) is 13.1. The van der Waals surface area contributed by atoms with Gasteiger partial charge in [0.25, 0.3) is 0 Å². The zero-order chi connectivity index (χ0) is 15.6. The number of hydrogen-bond donors (Lipinski definition) is 2. The van der Waals surface area contributed by atoms with E-state index in [1.807, 2.05) is 24.3 Å². The number of rotatable bonds is 7. The second kappa shape index (κ2) is 9.10. The van der Waals surface area contributed by atoms with Gasteiger partial charge >= 0.3 is 0 Å². The van der Waals surface area contributed by atoms with E-state index in [0.717, 1.165) is 36.8 Å². The van der Waals surface area contributed by atoms with E-state index in [1.54, 1.807) is 18.4 Å².